The van der Waals surface area contributed by atoms with Gasteiger partial charge in [-0.1, -0.05) is 6.07 Å². The lowest BCUT2D eigenvalue weighted by Gasteiger charge is -2.01. The van der Waals surface area contributed by atoms with Gasteiger partial charge in [0.2, 0.25) is 0 Å². The zero-order chi connectivity index (χ0) is 10.6. The molecule has 0 fully saturated rings. The van der Waals surface area contributed by atoms with Crippen LogP contribution in [0.4, 0.5) is 0 Å². The maximum absolute atomic E-state index is 11.3. The lowest BCUT2D eigenvalue weighted by molar-refractivity contribution is -0.135. The quantitative estimate of drug-likeness (QED) is 0.426. The molecule has 4 heteroatoms. The average molecular weight is 210 g/mol. The van der Waals surface area contributed by atoms with Gasteiger partial charge < -0.3 is 4.74 Å². The number of carbonyl (C=O) groups is 2. The number of ether oxygens (including phenoxy) is 1. The van der Waals surface area contributed by atoms with Crippen LogP contribution in [0.2, 0.25) is 0 Å². The summed E-state index contributed by atoms with van der Waals surface area (Å²) in [6, 6.07) is 6.94. The fourth-order valence-electron chi connectivity index (χ4n) is 0.940. The maximum Gasteiger partial charge on any atom is 0.345 e. The van der Waals surface area contributed by atoms with Crippen molar-refractivity contribution >= 4 is 23.7 Å². The van der Waals surface area contributed by atoms with Crippen LogP contribution in [0.3, 0.4) is 0 Å². The summed E-state index contributed by atoms with van der Waals surface area (Å²) in [5.74, 6) is -1.20. The minimum Gasteiger partial charge on any atom is -0.390 e. The Morgan fingerprint density at radius 3 is 2.64 bits per heavy atom. The normalized spacial score (nSPS) is 9.57. The molecule has 1 aromatic carbocycles. The smallest absolute Gasteiger partial charge is 0.345 e. The van der Waals surface area contributed by atoms with E-state index in [2.05, 4.69) is 4.74 Å². The van der Waals surface area contributed by atoms with E-state index in [0.29, 0.717) is 5.56 Å². The van der Waals surface area contributed by atoms with Gasteiger partial charge in [0, 0.05) is 11.8 Å². The van der Waals surface area contributed by atoms with Crippen LogP contribution < -0.4 is 0 Å². The topological polar surface area (TPSA) is 43.4 Å². The molecule has 0 N–H and O–H groups in total. The van der Waals surface area contributed by atoms with Gasteiger partial charge in [-0.2, -0.15) is 0 Å². The highest BCUT2D eigenvalue weighted by Crippen LogP contribution is 2.16. The molecule has 0 saturated heterocycles. The molecule has 0 unspecified atom stereocenters. The summed E-state index contributed by atoms with van der Waals surface area (Å²) in [6.07, 6.45) is 1.91. The Morgan fingerprint density at radius 2 is 2.07 bits per heavy atom. The fourth-order valence-corrected chi connectivity index (χ4v) is 1.40. The van der Waals surface area contributed by atoms with Crippen LogP contribution in [0.15, 0.2) is 29.2 Å². The summed E-state index contributed by atoms with van der Waals surface area (Å²) in [5.41, 5.74) is 0.395. The summed E-state index contributed by atoms with van der Waals surface area (Å²) < 4.78 is 4.45. The number of esters is 2. The van der Waals surface area contributed by atoms with Crippen LogP contribution in [-0.4, -0.2) is 18.2 Å². The van der Waals surface area contributed by atoms with Crippen molar-refractivity contribution in [2.75, 3.05) is 6.26 Å². The molecule has 3 nitrogen and oxygen atoms in total. The molecule has 0 bridgehead atoms. The Balaban J connectivity index is 2.84. The Bertz CT molecular complexity index is 360. The van der Waals surface area contributed by atoms with Gasteiger partial charge in [-0.15, -0.1) is 11.8 Å². The molecule has 0 atom stereocenters. The van der Waals surface area contributed by atoms with Crippen LogP contribution in [0, 0.1) is 0 Å². The Morgan fingerprint density at radius 1 is 1.36 bits per heavy atom. The van der Waals surface area contributed by atoms with Crippen LogP contribution >= 0.6 is 11.8 Å². The fraction of sp³-hybridized carbons (Fsp3) is 0.200. The molecule has 0 saturated carbocycles. The number of benzene rings is 1. The molecule has 1 aromatic rings. The third kappa shape index (κ3) is 2.88. The van der Waals surface area contributed by atoms with Crippen molar-refractivity contribution in [1.82, 2.24) is 0 Å². The molecule has 14 heavy (non-hydrogen) atoms. The van der Waals surface area contributed by atoms with Crippen LogP contribution in [0.5, 0.6) is 0 Å². The standard InChI is InChI=1S/C10H10O3S/c1-7(11)13-10(12)8-4-3-5-9(6-8)14-2/h3-6H,1-2H3. The van der Waals surface area contributed by atoms with Gasteiger partial charge in [-0.25, -0.2) is 4.79 Å². The molecule has 0 spiro atoms. The minimum absolute atomic E-state index is 0.395. The molecule has 0 heterocycles. The van der Waals surface area contributed by atoms with Crippen molar-refractivity contribution in [2.45, 2.75) is 11.8 Å². The van der Waals surface area contributed by atoms with Crippen molar-refractivity contribution in [3.63, 3.8) is 0 Å². The van der Waals surface area contributed by atoms with Crippen molar-refractivity contribution in [3.05, 3.63) is 29.8 Å². The van der Waals surface area contributed by atoms with Gasteiger partial charge in [-0.3, -0.25) is 4.79 Å². The second kappa shape index (κ2) is 4.81. The van der Waals surface area contributed by atoms with Crippen molar-refractivity contribution in [2.24, 2.45) is 0 Å². The van der Waals surface area contributed by atoms with Gasteiger partial charge in [0.15, 0.2) is 0 Å². The number of hydrogen-bond acceptors (Lipinski definition) is 4. The molecule has 1 rings (SSSR count). The molecular weight excluding hydrogens is 200 g/mol. The molecule has 74 valence electrons. The molecule has 0 amide bonds. The van der Waals surface area contributed by atoms with E-state index in [0.717, 1.165) is 4.90 Å². The first-order valence-electron chi connectivity index (χ1n) is 4.00. The molecular formula is C10H10O3S. The Hall–Kier alpha value is -1.29. The van der Waals surface area contributed by atoms with E-state index in [9.17, 15) is 9.59 Å². The average Bonchev–Trinajstić information content (AvgIpc) is 2.17. The van der Waals surface area contributed by atoms with Crippen LogP contribution in [0.25, 0.3) is 0 Å². The molecule has 0 aliphatic rings. The van der Waals surface area contributed by atoms with E-state index in [-0.39, 0.29) is 0 Å². The van der Waals surface area contributed by atoms with Crippen molar-refractivity contribution in [1.29, 1.82) is 0 Å². The lowest BCUT2D eigenvalue weighted by Crippen LogP contribution is -2.09. The number of hydrogen-bond donors (Lipinski definition) is 0. The van der Waals surface area contributed by atoms with E-state index < -0.39 is 11.9 Å². The number of thioether (sulfide) groups is 1. The van der Waals surface area contributed by atoms with E-state index >= 15 is 0 Å². The van der Waals surface area contributed by atoms with Gasteiger partial charge in [-0.05, 0) is 24.5 Å². The van der Waals surface area contributed by atoms with E-state index in [1.165, 1.54) is 18.7 Å². The minimum atomic E-state index is -0.603. The first kappa shape index (κ1) is 10.8. The molecule has 0 aromatic heterocycles. The molecule has 0 radical (unpaired) electrons. The first-order valence-corrected chi connectivity index (χ1v) is 5.22. The third-order valence-corrected chi connectivity index (χ3v) is 2.27. The van der Waals surface area contributed by atoms with E-state index in [1.807, 2.05) is 12.3 Å². The summed E-state index contributed by atoms with van der Waals surface area (Å²) >= 11 is 1.53. The van der Waals surface area contributed by atoms with E-state index in [1.54, 1.807) is 18.2 Å². The van der Waals surface area contributed by atoms with E-state index in [4.69, 9.17) is 0 Å². The van der Waals surface area contributed by atoms with Gasteiger partial charge in [0.05, 0.1) is 5.56 Å². The zero-order valence-electron chi connectivity index (χ0n) is 7.94. The van der Waals surface area contributed by atoms with Gasteiger partial charge >= 0.3 is 11.9 Å². The predicted octanol–water partition coefficient (Wildman–Crippen LogP) is 2.11. The second-order valence-electron chi connectivity index (χ2n) is 2.61. The number of rotatable bonds is 2. The summed E-state index contributed by atoms with van der Waals surface area (Å²) in [4.78, 5) is 22.8. The largest absolute Gasteiger partial charge is 0.390 e. The third-order valence-electron chi connectivity index (χ3n) is 1.54. The lowest BCUT2D eigenvalue weighted by atomic mass is 10.2. The highest BCUT2D eigenvalue weighted by atomic mass is 32.2. The van der Waals surface area contributed by atoms with Crippen LogP contribution in [0.1, 0.15) is 17.3 Å². The summed E-state index contributed by atoms with van der Waals surface area (Å²) in [5, 5.41) is 0. The van der Waals surface area contributed by atoms with Crippen LogP contribution in [-0.2, 0) is 9.53 Å². The second-order valence-corrected chi connectivity index (χ2v) is 3.49. The SMILES string of the molecule is CSc1cccc(C(=O)OC(C)=O)c1. The predicted molar refractivity (Wildman–Crippen MR) is 54.3 cm³/mol. The number of carbonyl (C=O) groups excluding carboxylic acids is 2. The Labute approximate surface area is 86.5 Å². The Kier molecular flexibility index (Phi) is 3.71. The summed E-state index contributed by atoms with van der Waals surface area (Å²) in [7, 11) is 0. The zero-order valence-corrected chi connectivity index (χ0v) is 8.76. The van der Waals surface area contributed by atoms with Crippen molar-refractivity contribution < 1.29 is 14.3 Å². The maximum atomic E-state index is 11.3. The highest BCUT2D eigenvalue weighted by molar-refractivity contribution is 7.98. The summed E-state index contributed by atoms with van der Waals surface area (Å²) in [6.45, 7) is 1.20. The molecule has 0 aliphatic heterocycles. The highest BCUT2D eigenvalue weighted by Gasteiger charge is 2.09. The monoisotopic (exact) mass is 210 g/mol. The van der Waals surface area contributed by atoms with Crippen molar-refractivity contribution in [3.8, 4) is 0 Å². The molecule has 0 aliphatic carbocycles. The van der Waals surface area contributed by atoms with Gasteiger partial charge in [0.1, 0.15) is 0 Å². The van der Waals surface area contributed by atoms with Gasteiger partial charge in [0.25, 0.3) is 0 Å². The first-order chi connectivity index (χ1) is 6.63.